The Balaban J connectivity index is 1.35. The largest absolute Gasteiger partial charge is 0.311 e. The van der Waals surface area contributed by atoms with Crippen LogP contribution in [0.5, 0.6) is 0 Å². The standard InChI is InChI=1S/C61H69BN2/c1-38-16-28-51(47(32-38)41-18-22-43(23-19-41)58(4,5)6)63-53-30-26-45(60(10,11)12)36-49(53)62-50-37-46(61(13,14)15)27-31-54(50)64(56-35-40(3)34-55(63)57(56)62)52-29-17-39(2)33-48(52)42-20-24-44(25-21-42)59(7,8)9/h16-20,22-37,42H,21H2,1-15H3. The number of hydrogen-bond acceptors (Lipinski definition) is 2. The summed E-state index contributed by atoms with van der Waals surface area (Å²) in [6.45, 7) is 34.8. The summed E-state index contributed by atoms with van der Waals surface area (Å²) in [7, 11) is 0. The molecule has 3 heteroatoms. The van der Waals surface area contributed by atoms with Gasteiger partial charge < -0.3 is 9.80 Å². The number of allylic oxidation sites excluding steroid dienone is 4. The summed E-state index contributed by atoms with van der Waals surface area (Å²) in [5.74, 6) is 0.267. The lowest BCUT2D eigenvalue weighted by Crippen LogP contribution is -2.61. The van der Waals surface area contributed by atoms with Gasteiger partial charge in [0.05, 0.1) is 5.69 Å². The molecular formula is C61H69BN2. The predicted molar refractivity (Wildman–Crippen MR) is 280 cm³/mol. The van der Waals surface area contributed by atoms with E-state index >= 15 is 0 Å². The minimum Gasteiger partial charge on any atom is -0.311 e. The maximum Gasteiger partial charge on any atom is 0.252 e. The number of nitrogens with zero attached hydrogens (tertiary/aromatic N) is 2. The van der Waals surface area contributed by atoms with E-state index in [9.17, 15) is 0 Å². The topological polar surface area (TPSA) is 6.48 Å². The van der Waals surface area contributed by atoms with Crippen LogP contribution in [0, 0.1) is 26.2 Å². The fourth-order valence-electron chi connectivity index (χ4n) is 10.4. The molecule has 0 radical (unpaired) electrons. The maximum atomic E-state index is 2.65. The molecule has 3 aliphatic rings. The Morgan fingerprint density at radius 3 is 1.44 bits per heavy atom. The van der Waals surface area contributed by atoms with Crippen LogP contribution in [0.3, 0.4) is 0 Å². The molecule has 1 unspecified atom stereocenters. The molecule has 2 heterocycles. The molecule has 0 saturated carbocycles. The van der Waals surface area contributed by atoms with Gasteiger partial charge in [0.1, 0.15) is 0 Å². The summed E-state index contributed by atoms with van der Waals surface area (Å²) in [4.78, 5) is 5.26. The van der Waals surface area contributed by atoms with Gasteiger partial charge in [-0.3, -0.25) is 0 Å². The molecule has 326 valence electrons. The third kappa shape index (κ3) is 7.67. The van der Waals surface area contributed by atoms with Crippen molar-refractivity contribution in [3.8, 4) is 11.1 Å². The van der Waals surface area contributed by atoms with Crippen molar-refractivity contribution in [2.24, 2.45) is 5.41 Å². The summed E-state index contributed by atoms with van der Waals surface area (Å²) in [5.41, 5.74) is 24.9. The molecule has 0 N–H and O–H groups in total. The number of rotatable bonds is 4. The second kappa shape index (κ2) is 15.3. The van der Waals surface area contributed by atoms with Gasteiger partial charge in [-0.25, -0.2) is 0 Å². The molecule has 0 amide bonds. The van der Waals surface area contributed by atoms with Gasteiger partial charge in [-0.05, 0) is 147 Å². The van der Waals surface area contributed by atoms with Crippen LogP contribution in [0.4, 0.5) is 34.1 Å². The van der Waals surface area contributed by atoms with Crippen molar-refractivity contribution in [1.29, 1.82) is 0 Å². The molecule has 0 saturated heterocycles. The van der Waals surface area contributed by atoms with Crippen molar-refractivity contribution in [1.82, 2.24) is 0 Å². The highest BCUT2D eigenvalue weighted by Crippen LogP contribution is 2.50. The highest BCUT2D eigenvalue weighted by atomic mass is 15.2. The van der Waals surface area contributed by atoms with Crippen LogP contribution >= 0.6 is 0 Å². The highest BCUT2D eigenvalue weighted by molar-refractivity contribution is 7.00. The van der Waals surface area contributed by atoms with E-state index in [4.69, 9.17) is 0 Å². The Kier molecular flexibility index (Phi) is 10.4. The molecule has 0 spiro atoms. The van der Waals surface area contributed by atoms with E-state index in [1.54, 1.807) is 0 Å². The molecule has 2 aliphatic heterocycles. The average molecular weight is 841 g/mol. The van der Waals surface area contributed by atoms with Gasteiger partial charge in [0.15, 0.2) is 0 Å². The number of hydrogen-bond donors (Lipinski definition) is 0. The Morgan fingerprint density at radius 1 is 0.453 bits per heavy atom. The fraction of sp³-hybridized carbons (Fsp3) is 0.344. The van der Waals surface area contributed by atoms with E-state index in [1.165, 1.54) is 106 Å². The average Bonchev–Trinajstić information content (AvgIpc) is 3.22. The van der Waals surface area contributed by atoms with Crippen LogP contribution in [0.2, 0.25) is 0 Å². The molecule has 9 rings (SSSR count). The molecular weight excluding hydrogens is 771 g/mol. The zero-order chi connectivity index (χ0) is 45.8. The van der Waals surface area contributed by atoms with Gasteiger partial charge in [0.2, 0.25) is 0 Å². The monoisotopic (exact) mass is 841 g/mol. The van der Waals surface area contributed by atoms with Crippen LogP contribution < -0.4 is 26.2 Å². The number of aryl methyl sites for hydroxylation is 3. The van der Waals surface area contributed by atoms with Crippen LogP contribution in [-0.4, -0.2) is 6.71 Å². The number of fused-ring (bicyclic) bond motifs is 4. The highest BCUT2D eigenvalue weighted by Gasteiger charge is 2.45. The van der Waals surface area contributed by atoms with E-state index in [1.807, 2.05) is 0 Å². The van der Waals surface area contributed by atoms with Crippen LogP contribution in [0.15, 0.2) is 133 Å². The first kappa shape index (κ1) is 43.7. The Morgan fingerprint density at radius 2 is 0.938 bits per heavy atom. The maximum absolute atomic E-state index is 2.65. The van der Waals surface area contributed by atoms with E-state index < -0.39 is 0 Å². The van der Waals surface area contributed by atoms with Crippen molar-refractivity contribution in [3.05, 3.63) is 172 Å². The quantitative estimate of drug-likeness (QED) is 0.163. The Hall–Kier alpha value is -5.54. The molecule has 0 fully saturated rings. The van der Waals surface area contributed by atoms with Crippen molar-refractivity contribution in [3.63, 3.8) is 0 Å². The normalized spacial score (nSPS) is 16.1. The van der Waals surface area contributed by atoms with Crippen LogP contribution in [-0.2, 0) is 16.2 Å². The second-order valence-electron chi connectivity index (χ2n) is 23.4. The first-order chi connectivity index (χ1) is 30.0. The Bertz CT molecular complexity index is 2880. The van der Waals surface area contributed by atoms with Gasteiger partial charge in [0.25, 0.3) is 6.71 Å². The second-order valence-corrected chi connectivity index (χ2v) is 23.4. The summed E-state index contributed by atoms with van der Waals surface area (Å²) < 4.78 is 0. The molecule has 1 atom stereocenters. The first-order valence-electron chi connectivity index (χ1n) is 23.7. The lowest BCUT2D eigenvalue weighted by Gasteiger charge is -2.46. The van der Waals surface area contributed by atoms with Gasteiger partial charge in [0, 0.05) is 39.9 Å². The molecule has 1 aliphatic carbocycles. The van der Waals surface area contributed by atoms with E-state index in [-0.39, 0.29) is 34.3 Å². The number of benzene rings is 6. The smallest absolute Gasteiger partial charge is 0.252 e. The summed E-state index contributed by atoms with van der Waals surface area (Å²) in [5, 5.41) is 0. The molecule has 2 nitrogen and oxygen atoms in total. The van der Waals surface area contributed by atoms with Crippen molar-refractivity contribution in [2.45, 2.75) is 132 Å². The SMILES string of the molecule is Cc1ccc(N2c3ccc(C(C)(C)C)cc3B3c4cc(C(C)(C)C)ccc4N(c4ccc(C)cc4C4C=CC(C(C)(C)C)=CC4)c4cc(C)cc2c43)c(-c2ccc(C(C)(C)C)cc2)c1. The van der Waals surface area contributed by atoms with Gasteiger partial charge >= 0.3 is 0 Å². The molecule has 0 aromatic heterocycles. The van der Waals surface area contributed by atoms with E-state index in [0.717, 1.165) is 6.42 Å². The van der Waals surface area contributed by atoms with Crippen molar-refractivity contribution in [2.75, 3.05) is 9.80 Å². The molecule has 6 aromatic carbocycles. The van der Waals surface area contributed by atoms with Gasteiger partial charge in [-0.15, -0.1) is 0 Å². The minimum absolute atomic E-state index is 0.0224. The van der Waals surface area contributed by atoms with Crippen molar-refractivity contribution < 1.29 is 0 Å². The van der Waals surface area contributed by atoms with Gasteiger partial charge in [-0.1, -0.05) is 179 Å². The zero-order valence-electron chi connectivity index (χ0n) is 41.4. The lowest BCUT2D eigenvalue weighted by molar-refractivity contribution is 0.510. The predicted octanol–water partition coefficient (Wildman–Crippen LogP) is 15.3. The number of anilines is 6. The summed E-state index contributed by atoms with van der Waals surface area (Å²) in [6.07, 6.45) is 8.34. The van der Waals surface area contributed by atoms with Gasteiger partial charge in [-0.2, -0.15) is 0 Å². The fourth-order valence-corrected chi connectivity index (χ4v) is 10.4. The van der Waals surface area contributed by atoms with Crippen LogP contribution in [0.25, 0.3) is 11.1 Å². The first-order valence-corrected chi connectivity index (χ1v) is 23.7. The third-order valence-electron chi connectivity index (χ3n) is 14.2. The summed E-state index contributed by atoms with van der Waals surface area (Å²) in [6, 6.07) is 43.3. The third-order valence-corrected chi connectivity index (χ3v) is 14.2. The molecule has 0 bridgehead atoms. The van der Waals surface area contributed by atoms with E-state index in [2.05, 4.69) is 241 Å². The lowest BCUT2D eigenvalue weighted by atomic mass is 9.33. The van der Waals surface area contributed by atoms with Crippen molar-refractivity contribution >= 4 is 57.2 Å². The van der Waals surface area contributed by atoms with Crippen LogP contribution in [0.1, 0.15) is 134 Å². The van der Waals surface area contributed by atoms with E-state index in [0.29, 0.717) is 0 Å². The molecule has 6 aromatic rings. The minimum atomic E-state index is -0.0253. The summed E-state index contributed by atoms with van der Waals surface area (Å²) >= 11 is 0. The zero-order valence-corrected chi connectivity index (χ0v) is 41.4. The Labute approximate surface area is 386 Å². The molecule has 64 heavy (non-hydrogen) atoms.